The van der Waals surface area contributed by atoms with Gasteiger partial charge in [-0.25, -0.2) is 4.79 Å². The summed E-state index contributed by atoms with van der Waals surface area (Å²) in [4.78, 5) is 24.6. The van der Waals surface area contributed by atoms with Gasteiger partial charge in [0.25, 0.3) is 0 Å². The van der Waals surface area contributed by atoms with Crippen LogP contribution in [-0.2, 0) is 9.53 Å². The Bertz CT molecular complexity index is 406. The molecule has 2 fully saturated rings. The standard InChI is InChI=1S/C15H26N2O4/c1-14(2,3)21-13(20)17-9-15(10-17,7-12(18)19)16-8-11-5-4-6-11/h11,16H,4-10H2,1-3H3,(H,18,19). The first kappa shape index (κ1) is 16.1. The lowest BCUT2D eigenvalue weighted by Crippen LogP contribution is -2.71. The zero-order valence-corrected chi connectivity index (χ0v) is 13.1. The van der Waals surface area contributed by atoms with Crippen LogP contribution in [0.3, 0.4) is 0 Å². The Hall–Kier alpha value is -1.30. The summed E-state index contributed by atoms with van der Waals surface area (Å²) in [5.41, 5.74) is -1.01. The summed E-state index contributed by atoms with van der Waals surface area (Å²) in [6.07, 6.45) is 3.37. The first-order valence-corrected chi connectivity index (χ1v) is 7.64. The number of carbonyl (C=O) groups excluding carboxylic acids is 1. The van der Waals surface area contributed by atoms with Gasteiger partial charge in [-0.3, -0.25) is 4.79 Å². The number of carboxylic acid groups (broad SMARTS) is 1. The summed E-state index contributed by atoms with van der Waals surface area (Å²) >= 11 is 0. The highest BCUT2D eigenvalue weighted by atomic mass is 16.6. The van der Waals surface area contributed by atoms with Gasteiger partial charge < -0.3 is 20.1 Å². The van der Waals surface area contributed by atoms with E-state index in [0.29, 0.717) is 19.0 Å². The number of ether oxygens (including phenoxy) is 1. The Kier molecular flexibility index (Phi) is 4.46. The molecule has 1 aliphatic carbocycles. The average Bonchev–Trinajstić information content (AvgIpc) is 2.18. The van der Waals surface area contributed by atoms with Crippen LogP contribution in [0.2, 0.25) is 0 Å². The van der Waals surface area contributed by atoms with Crippen LogP contribution < -0.4 is 5.32 Å². The van der Waals surface area contributed by atoms with E-state index in [0.717, 1.165) is 6.54 Å². The Labute approximate surface area is 125 Å². The van der Waals surface area contributed by atoms with E-state index in [2.05, 4.69) is 5.32 Å². The molecule has 0 aromatic heterocycles. The van der Waals surface area contributed by atoms with E-state index >= 15 is 0 Å². The molecule has 2 rings (SSSR count). The van der Waals surface area contributed by atoms with Crippen LogP contribution in [0.1, 0.15) is 46.5 Å². The lowest BCUT2D eigenvalue weighted by molar-refractivity contribution is -0.141. The van der Waals surface area contributed by atoms with Gasteiger partial charge in [-0.15, -0.1) is 0 Å². The second kappa shape index (κ2) is 5.83. The Balaban J connectivity index is 1.85. The summed E-state index contributed by atoms with van der Waals surface area (Å²) in [6, 6.07) is 0. The maximum absolute atomic E-state index is 11.9. The molecule has 120 valence electrons. The number of carboxylic acids is 1. The molecule has 0 aromatic carbocycles. The number of carbonyl (C=O) groups is 2. The van der Waals surface area contributed by atoms with Crippen LogP contribution in [0, 0.1) is 5.92 Å². The third-order valence-electron chi connectivity index (χ3n) is 4.12. The lowest BCUT2D eigenvalue weighted by Gasteiger charge is -2.50. The molecule has 1 heterocycles. The van der Waals surface area contributed by atoms with E-state index in [-0.39, 0.29) is 12.5 Å². The predicted molar refractivity (Wildman–Crippen MR) is 78.1 cm³/mol. The number of rotatable bonds is 5. The summed E-state index contributed by atoms with van der Waals surface area (Å²) in [5.74, 6) is -0.175. The minimum atomic E-state index is -0.833. The number of aliphatic carboxylic acids is 1. The van der Waals surface area contributed by atoms with Crippen molar-refractivity contribution < 1.29 is 19.4 Å². The van der Waals surface area contributed by atoms with Crippen molar-refractivity contribution in [1.29, 1.82) is 0 Å². The highest BCUT2D eigenvalue weighted by molar-refractivity contribution is 5.73. The van der Waals surface area contributed by atoms with E-state index < -0.39 is 17.1 Å². The molecule has 0 bridgehead atoms. The van der Waals surface area contributed by atoms with Gasteiger partial charge in [-0.1, -0.05) is 6.42 Å². The van der Waals surface area contributed by atoms with Crippen LogP contribution in [0.15, 0.2) is 0 Å². The van der Waals surface area contributed by atoms with Gasteiger partial charge in [0.1, 0.15) is 5.60 Å². The normalized spacial score (nSPS) is 21.4. The van der Waals surface area contributed by atoms with Gasteiger partial charge in [0.15, 0.2) is 0 Å². The zero-order valence-electron chi connectivity index (χ0n) is 13.1. The van der Waals surface area contributed by atoms with Crippen LogP contribution >= 0.6 is 0 Å². The highest BCUT2D eigenvalue weighted by Gasteiger charge is 2.47. The molecule has 0 atom stereocenters. The van der Waals surface area contributed by atoms with Gasteiger partial charge in [0, 0.05) is 13.1 Å². The van der Waals surface area contributed by atoms with Crippen molar-refractivity contribution in [1.82, 2.24) is 10.2 Å². The molecule has 6 nitrogen and oxygen atoms in total. The molecule has 6 heteroatoms. The summed E-state index contributed by atoms with van der Waals surface area (Å²) < 4.78 is 5.31. The highest BCUT2D eigenvalue weighted by Crippen LogP contribution is 2.30. The molecule has 2 aliphatic rings. The second-order valence-corrected chi connectivity index (χ2v) is 7.37. The maximum atomic E-state index is 11.9. The summed E-state index contributed by atoms with van der Waals surface area (Å²) in [7, 11) is 0. The molecule has 21 heavy (non-hydrogen) atoms. The number of nitrogens with zero attached hydrogens (tertiary/aromatic N) is 1. The molecule has 1 amide bonds. The number of hydrogen-bond acceptors (Lipinski definition) is 4. The second-order valence-electron chi connectivity index (χ2n) is 7.37. The quantitative estimate of drug-likeness (QED) is 0.809. The number of amides is 1. The van der Waals surface area contributed by atoms with Crippen molar-refractivity contribution in [2.24, 2.45) is 5.92 Å². The topological polar surface area (TPSA) is 78.9 Å². The van der Waals surface area contributed by atoms with E-state index in [9.17, 15) is 9.59 Å². The zero-order chi connectivity index (χ0) is 15.7. The fourth-order valence-electron chi connectivity index (χ4n) is 2.77. The van der Waals surface area contributed by atoms with E-state index in [4.69, 9.17) is 9.84 Å². The van der Waals surface area contributed by atoms with Gasteiger partial charge in [-0.2, -0.15) is 0 Å². The molecule has 1 saturated carbocycles. The van der Waals surface area contributed by atoms with Gasteiger partial charge in [-0.05, 0) is 46.1 Å². The van der Waals surface area contributed by atoms with Gasteiger partial charge >= 0.3 is 12.1 Å². The van der Waals surface area contributed by atoms with Crippen molar-refractivity contribution in [2.45, 2.75) is 57.6 Å². The van der Waals surface area contributed by atoms with E-state index in [1.807, 2.05) is 20.8 Å². The summed E-state index contributed by atoms with van der Waals surface area (Å²) in [5, 5.41) is 12.5. The lowest BCUT2D eigenvalue weighted by atomic mass is 9.82. The van der Waals surface area contributed by atoms with E-state index in [1.165, 1.54) is 19.3 Å². The number of likely N-dealkylation sites (tertiary alicyclic amines) is 1. The third kappa shape index (κ3) is 4.33. The molecule has 0 radical (unpaired) electrons. The minimum absolute atomic E-state index is 0.0407. The fourth-order valence-corrected chi connectivity index (χ4v) is 2.77. The maximum Gasteiger partial charge on any atom is 0.410 e. The Morgan fingerprint density at radius 2 is 1.95 bits per heavy atom. The van der Waals surface area contributed by atoms with Crippen LogP contribution in [0.4, 0.5) is 4.79 Å². The SMILES string of the molecule is CC(C)(C)OC(=O)N1CC(CC(=O)O)(NCC2CCC2)C1. The Morgan fingerprint density at radius 3 is 2.38 bits per heavy atom. The van der Waals surface area contributed by atoms with Crippen molar-refractivity contribution in [3.63, 3.8) is 0 Å². The smallest absolute Gasteiger partial charge is 0.410 e. The molecule has 1 aliphatic heterocycles. The number of nitrogens with one attached hydrogen (secondary N) is 1. The molecule has 0 spiro atoms. The predicted octanol–water partition coefficient (Wildman–Crippen LogP) is 1.84. The molecular weight excluding hydrogens is 272 g/mol. The fraction of sp³-hybridized carbons (Fsp3) is 0.867. The Morgan fingerprint density at radius 1 is 1.33 bits per heavy atom. The molecular formula is C15H26N2O4. The molecule has 0 aromatic rings. The molecule has 0 unspecified atom stereocenters. The van der Waals surface area contributed by atoms with Crippen molar-refractivity contribution in [3.05, 3.63) is 0 Å². The van der Waals surface area contributed by atoms with Crippen molar-refractivity contribution >= 4 is 12.1 Å². The van der Waals surface area contributed by atoms with E-state index in [1.54, 1.807) is 4.90 Å². The average molecular weight is 298 g/mol. The number of hydrogen-bond donors (Lipinski definition) is 2. The van der Waals surface area contributed by atoms with Crippen LogP contribution in [0.25, 0.3) is 0 Å². The van der Waals surface area contributed by atoms with Crippen LogP contribution in [-0.4, -0.2) is 52.8 Å². The van der Waals surface area contributed by atoms with Gasteiger partial charge in [0.2, 0.25) is 0 Å². The first-order valence-electron chi connectivity index (χ1n) is 7.64. The summed E-state index contributed by atoms with van der Waals surface area (Å²) in [6.45, 7) is 7.12. The monoisotopic (exact) mass is 298 g/mol. The van der Waals surface area contributed by atoms with Crippen molar-refractivity contribution in [3.8, 4) is 0 Å². The largest absolute Gasteiger partial charge is 0.481 e. The minimum Gasteiger partial charge on any atom is -0.481 e. The molecule has 1 saturated heterocycles. The van der Waals surface area contributed by atoms with Crippen molar-refractivity contribution in [2.75, 3.05) is 19.6 Å². The first-order chi connectivity index (χ1) is 9.69. The van der Waals surface area contributed by atoms with Gasteiger partial charge in [0.05, 0.1) is 12.0 Å². The third-order valence-corrected chi connectivity index (χ3v) is 4.12. The van der Waals surface area contributed by atoms with Crippen LogP contribution in [0.5, 0.6) is 0 Å². The molecule has 2 N–H and O–H groups in total.